The van der Waals surface area contributed by atoms with Crippen LogP contribution in [0.5, 0.6) is 17.2 Å². The number of likely N-dealkylation sites (tertiary alicyclic amines) is 1. The molecular formula is C26H30N2O4S. The highest BCUT2D eigenvalue weighted by atomic mass is 32.1. The number of hydrogen-bond donors (Lipinski definition) is 0. The third kappa shape index (κ3) is 5.15. The van der Waals surface area contributed by atoms with E-state index in [9.17, 15) is 4.79 Å². The molecule has 0 N–H and O–H groups in total. The smallest absolute Gasteiger partial charge is 0.262 e. The average Bonchev–Trinajstić information content (AvgIpc) is 3.38. The lowest BCUT2D eigenvalue weighted by molar-refractivity contribution is 0.0956. The monoisotopic (exact) mass is 466 g/mol. The van der Waals surface area contributed by atoms with Crippen molar-refractivity contribution in [3.8, 4) is 17.2 Å². The first-order valence-electron chi connectivity index (χ1n) is 11.1. The van der Waals surface area contributed by atoms with E-state index >= 15 is 0 Å². The molecule has 1 aliphatic rings. The Morgan fingerprint density at radius 3 is 2.33 bits per heavy atom. The van der Waals surface area contributed by atoms with Crippen molar-refractivity contribution in [2.75, 3.05) is 39.3 Å². The van der Waals surface area contributed by atoms with Gasteiger partial charge in [-0.25, -0.2) is 0 Å². The lowest BCUT2D eigenvalue weighted by atomic mass is 10.00. The van der Waals surface area contributed by atoms with Gasteiger partial charge < -0.3 is 19.1 Å². The molecule has 0 bridgehead atoms. The minimum absolute atomic E-state index is 0.0695. The van der Waals surface area contributed by atoms with Crippen LogP contribution in [0.15, 0.2) is 60.0 Å². The molecule has 0 radical (unpaired) electrons. The Kier molecular flexibility index (Phi) is 7.52. The molecule has 174 valence electrons. The SMILES string of the molecule is COc1ccc(N(C(=O)c2ccccc2OC)C2CCN(Cc3cccs3)CC2)cc1OC. The number of amides is 1. The van der Waals surface area contributed by atoms with Gasteiger partial charge in [0.1, 0.15) is 5.75 Å². The molecule has 0 unspecified atom stereocenters. The van der Waals surface area contributed by atoms with Crippen molar-refractivity contribution in [2.45, 2.75) is 25.4 Å². The third-order valence-electron chi connectivity index (χ3n) is 6.08. The van der Waals surface area contributed by atoms with Gasteiger partial charge in [-0.15, -0.1) is 11.3 Å². The van der Waals surface area contributed by atoms with E-state index < -0.39 is 0 Å². The predicted octanol–water partition coefficient (Wildman–Crippen LogP) is 5.09. The highest BCUT2D eigenvalue weighted by molar-refractivity contribution is 7.09. The number of thiophene rings is 1. The number of piperidine rings is 1. The second-order valence-corrected chi connectivity index (χ2v) is 9.03. The van der Waals surface area contributed by atoms with Gasteiger partial charge in [-0.05, 0) is 48.6 Å². The normalized spacial score (nSPS) is 14.6. The van der Waals surface area contributed by atoms with Crippen molar-refractivity contribution in [3.05, 3.63) is 70.4 Å². The molecule has 33 heavy (non-hydrogen) atoms. The van der Waals surface area contributed by atoms with Crippen molar-refractivity contribution in [2.24, 2.45) is 0 Å². The largest absolute Gasteiger partial charge is 0.496 e. The molecule has 2 heterocycles. The molecule has 1 aliphatic heterocycles. The summed E-state index contributed by atoms with van der Waals surface area (Å²) in [6.45, 7) is 2.83. The van der Waals surface area contributed by atoms with Gasteiger partial charge in [0.2, 0.25) is 0 Å². The Labute approximate surface area is 199 Å². The molecule has 2 aromatic carbocycles. The predicted molar refractivity (Wildman–Crippen MR) is 132 cm³/mol. The number of para-hydroxylation sites is 1. The van der Waals surface area contributed by atoms with Crippen LogP contribution in [0.4, 0.5) is 5.69 Å². The van der Waals surface area contributed by atoms with E-state index in [0.717, 1.165) is 38.2 Å². The lowest BCUT2D eigenvalue weighted by Crippen LogP contribution is -2.47. The van der Waals surface area contributed by atoms with E-state index in [1.165, 1.54) is 4.88 Å². The Hall–Kier alpha value is -3.03. The van der Waals surface area contributed by atoms with Crippen LogP contribution >= 0.6 is 11.3 Å². The highest BCUT2D eigenvalue weighted by Gasteiger charge is 2.31. The summed E-state index contributed by atoms with van der Waals surface area (Å²) in [5, 5.41) is 2.12. The Balaban J connectivity index is 1.63. The minimum atomic E-state index is -0.0728. The van der Waals surface area contributed by atoms with E-state index in [1.807, 2.05) is 47.4 Å². The van der Waals surface area contributed by atoms with Gasteiger partial charge in [0, 0.05) is 42.3 Å². The maximum absolute atomic E-state index is 13.9. The zero-order valence-corrected chi connectivity index (χ0v) is 20.1. The van der Waals surface area contributed by atoms with Gasteiger partial charge >= 0.3 is 0 Å². The Bertz CT molecular complexity index is 1060. The van der Waals surface area contributed by atoms with Crippen LogP contribution < -0.4 is 19.1 Å². The number of anilines is 1. The first-order chi connectivity index (χ1) is 16.1. The van der Waals surface area contributed by atoms with Gasteiger partial charge in [-0.1, -0.05) is 18.2 Å². The zero-order valence-electron chi connectivity index (χ0n) is 19.3. The number of benzene rings is 2. The summed E-state index contributed by atoms with van der Waals surface area (Å²) in [6, 6.07) is 17.4. The first kappa shape index (κ1) is 23.1. The lowest BCUT2D eigenvalue weighted by Gasteiger charge is -2.38. The molecule has 6 nitrogen and oxygen atoms in total. The van der Waals surface area contributed by atoms with Crippen LogP contribution in [0.3, 0.4) is 0 Å². The minimum Gasteiger partial charge on any atom is -0.496 e. The van der Waals surface area contributed by atoms with Gasteiger partial charge in [0.15, 0.2) is 11.5 Å². The van der Waals surface area contributed by atoms with E-state index in [2.05, 4.69) is 22.4 Å². The average molecular weight is 467 g/mol. The van der Waals surface area contributed by atoms with Crippen LogP contribution in [0, 0.1) is 0 Å². The molecular weight excluding hydrogens is 436 g/mol. The van der Waals surface area contributed by atoms with E-state index in [-0.39, 0.29) is 11.9 Å². The molecule has 0 saturated carbocycles. The van der Waals surface area contributed by atoms with Crippen molar-refractivity contribution in [1.82, 2.24) is 4.90 Å². The standard InChI is InChI=1S/C26H30N2O4S/c1-30-23-9-5-4-8-22(23)26(29)28(20-10-11-24(31-2)25(17-20)32-3)19-12-14-27(15-13-19)18-21-7-6-16-33-21/h4-11,16-17,19H,12-15,18H2,1-3H3. The maximum Gasteiger partial charge on any atom is 0.262 e. The second-order valence-electron chi connectivity index (χ2n) is 8.00. The number of carbonyl (C=O) groups is 1. The number of rotatable bonds is 8. The number of methoxy groups -OCH3 is 3. The summed E-state index contributed by atoms with van der Waals surface area (Å²) in [5.74, 6) is 1.74. The van der Waals surface area contributed by atoms with Crippen LogP contribution in [0.25, 0.3) is 0 Å². The highest BCUT2D eigenvalue weighted by Crippen LogP contribution is 2.35. The second kappa shape index (κ2) is 10.7. The summed E-state index contributed by atoms with van der Waals surface area (Å²) in [5.41, 5.74) is 1.34. The number of hydrogen-bond acceptors (Lipinski definition) is 6. The quantitative estimate of drug-likeness (QED) is 0.463. The molecule has 3 aromatic rings. The molecule has 7 heteroatoms. The molecule has 1 amide bonds. The van der Waals surface area contributed by atoms with Gasteiger partial charge in [0.05, 0.1) is 26.9 Å². The first-order valence-corrected chi connectivity index (χ1v) is 12.0. The fraction of sp³-hybridized carbons (Fsp3) is 0.346. The van der Waals surface area contributed by atoms with Gasteiger partial charge in [-0.2, -0.15) is 0 Å². The van der Waals surface area contributed by atoms with E-state index in [1.54, 1.807) is 32.7 Å². The number of ether oxygens (including phenoxy) is 3. The summed E-state index contributed by atoms with van der Waals surface area (Å²) in [7, 11) is 4.81. The maximum atomic E-state index is 13.9. The summed E-state index contributed by atoms with van der Waals surface area (Å²) in [4.78, 5) is 19.6. The van der Waals surface area contributed by atoms with Crippen LogP contribution in [0.2, 0.25) is 0 Å². The van der Waals surface area contributed by atoms with Crippen molar-refractivity contribution < 1.29 is 19.0 Å². The number of nitrogens with zero attached hydrogens (tertiary/aromatic N) is 2. The van der Waals surface area contributed by atoms with E-state index in [0.29, 0.717) is 22.8 Å². The van der Waals surface area contributed by atoms with Crippen LogP contribution in [0.1, 0.15) is 28.1 Å². The number of carbonyl (C=O) groups excluding carboxylic acids is 1. The molecule has 1 saturated heterocycles. The Morgan fingerprint density at radius 2 is 1.67 bits per heavy atom. The van der Waals surface area contributed by atoms with Crippen molar-refractivity contribution in [1.29, 1.82) is 0 Å². The third-order valence-corrected chi connectivity index (χ3v) is 6.94. The van der Waals surface area contributed by atoms with Crippen molar-refractivity contribution >= 4 is 22.9 Å². The zero-order chi connectivity index (χ0) is 23.2. The fourth-order valence-corrected chi connectivity index (χ4v) is 5.12. The molecule has 1 fully saturated rings. The van der Waals surface area contributed by atoms with E-state index in [4.69, 9.17) is 14.2 Å². The molecule has 0 atom stereocenters. The van der Waals surface area contributed by atoms with Crippen LogP contribution in [-0.4, -0.2) is 51.3 Å². The fourth-order valence-electron chi connectivity index (χ4n) is 4.38. The summed E-state index contributed by atoms with van der Waals surface area (Å²) < 4.78 is 16.4. The molecule has 0 spiro atoms. The molecule has 0 aliphatic carbocycles. The van der Waals surface area contributed by atoms with Crippen LogP contribution in [-0.2, 0) is 6.54 Å². The van der Waals surface area contributed by atoms with Crippen molar-refractivity contribution in [3.63, 3.8) is 0 Å². The van der Waals surface area contributed by atoms with Gasteiger partial charge in [-0.3, -0.25) is 9.69 Å². The topological polar surface area (TPSA) is 51.2 Å². The molecule has 4 rings (SSSR count). The summed E-state index contributed by atoms with van der Waals surface area (Å²) >= 11 is 1.79. The molecule has 1 aromatic heterocycles. The Morgan fingerprint density at radius 1 is 0.939 bits per heavy atom. The van der Waals surface area contributed by atoms with Gasteiger partial charge in [0.25, 0.3) is 5.91 Å². The summed E-state index contributed by atoms with van der Waals surface area (Å²) in [6.07, 6.45) is 1.78.